The minimum atomic E-state index is -4.55. The van der Waals surface area contributed by atoms with Crippen molar-refractivity contribution in [1.29, 1.82) is 0 Å². The van der Waals surface area contributed by atoms with Crippen LogP contribution < -0.4 is 10.1 Å². The third kappa shape index (κ3) is 4.96. The molecule has 36 heavy (non-hydrogen) atoms. The third-order valence-corrected chi connectivity index (χ3v) is 8.61. The first-order valence-corrected chi connectivity index (χ1v) is 12.8. The number of hydrogen-bond donors (Lipinski definition) is 1. The maximum absolute atomic E-state index is 14.0. The van der Waals surface area contributed by atoms with Gasteiger partial charge >= 0.3 is 6.18 Å². The molecular weight excluding hydrogens is 467 g/mol. The number of nitrogens with one attached hydrogen (secondary N) is 1. The molecule has 1 saturated carbocycles. The summed E-state index contributed by atoms with van der Waals surface area (Å²) < 4.78 is 53.0. The van der Waals surface area contributed by atoms with Crippen molar-refractivity contribution in [2.45, 2.75) is 43.2 Å². The summed E-state index contributed by atoms with van der Waals surface area (Å²) >= 11 is 0. The van der Waals surface area contributed by atoms with E-state index in [-0.39, 0.29) is 22.9 Å². The van der Waals surface area contributed by atoms with Crippen molar-refractivity contribution in [3.63, 3.8) is 0 Å². The van der Waals surface area contributed by atoms with Crippen LogP contribution in [0.2, 0.25) is 0 Å². The quantitative estimate of drug-likeness (QED) is 0.616. The molecule has 0 amide bonds. The maximum Gasteiger partial charge on any atom is 0.420 e. The highest BCUT2D eigenvalue weighted by atomic mass is 19.4. The van der Waals surface area contributed by atoms with Gasteiger partial charge in [-0.2, -0.15) is 13.2 Å². The molecule has 1 aliphatic carbocycles. The number of anilines is 1. The highest BCUT2D eigenvalue weighted by Crippen LogP contribution is 2.44. The molecule has 11 heteroatoms. The molecule has 3 heterocycles. The van der Waals surface area contributed by atoms with Gasteiger partial charge in [0.25, 0.3) is 0 Å². The lowest BCUT2D eigenvalue weighted by atomic mass is 9.52. The molecule has 1 aromatic carbocycles. The summed E-state index contributed by atoms with van der Waals surface area (Å²) in [7, 11) is 6.16. The van der Waals surface area contributed by atoms with Gasteiger partial charge in [0.15, 0.2) is 5.82 Å². The zero-order chi connectivity index (χ0) is 25.5. The van der Waals surface area contributed by atoms with Gasteiger partial charge in [0, 0.05) is 37.9 Å². The van der Waals surface area contributed by atoms with Crippen molar-refractivity contribution in [2.24, 2.45) is 17.8 Å². The lowest BCUT2D eigenvalue weighted by Crippen LogP contribution is -2.56. The van der Waals surface area contributed by atoms with E-state index in [1.165, 1.54) is 7.11 Å². The first-order valence-electron chi connectivity index (χ1n) is 12.8. The highest BCUT2D eigenvalue weighted by molar-refractivity contribution is 6.40. The largest absolute Gasteiger partial charge is 0.496 e. The summed E-state index contributed by atoms with van der Waals surface area (Å²) in [5.74, 6) is 1.85. The van der Waals surface area contributed by atoms with E-state index < -0.39 is 11.7 Å². The van der Waals surface area contributed by atoms with Crippen molar-refractivity contribution in [2.75, 3.05) is 38.7 Å². The van der Waals surface area contributed by atoms with Gasteiger partial charge in [0.05, 0.1) is 12.8 Å². The summed E-state index contributed by atoms with van der Waals surface area (Å²) in [5.41, 5.74) is -0.176. The lowest BCUT2D eigenvalue weighted by molar-refractivity contribution is -0.137. The summed E-state index contributed by atoms with van der Waals surface area (Å²) in [6.45, 7) is 3.66. The van der Waals surface area contributed by atoms with Crippen LogP contribution in [0.3, 0.4) is 0 Å². The molecule has 1 N–H and O–H groups in total. The predicted molar refractivity (Wildman–Crippen MR) is 138 cm³/mol. The van der Waals surface area contributed by atoms with Crippen molar-refractivity contribution in [3.05, 3.63) is 35.9 Å². The van der Waals surface area contributed by atoms with Crippen LogP contribution in [0.15, 0.2) is 30.3 Å². The Morgan fingerprint density at radius 1 is 1.06 bits per heavy atom. The molecule has 1 aromatic heterocycles. The molecule has 0 spiro atoms. The summed E-state index contributed by atoms with van der Waals surface area (Å²) in [4.78, 5) is 2.61. The summed E-state index contributed by atoms with van der Waals surface area (Å²) in [6, 6.07) is 7.91. The van der Waals surface area contributed by atoms with E-state index >= 15 is 0 Å². The fraction of sp³-hybridized carbons (Fsp3) is 0.600. The number of likely N-dealkylation sites (tertiary alicyclic amines) is 1. The molecular formula is C25H33B2F3N4O2. The SMILES string of the molecule is BC(B)(C1CCOCC1)N1C[C@H]2C[C@H](Nc3nnc(-c4ccccc4OC)cc3C(F)(F)F)C[C@H]2C1. The van der Waals surface area contributed by atoms with E-state index in [2.05, 4.69) is 36.1 Å². The Labute approximate surface area is 212 Å². The van der Waals surface area contributed by atoms with E-state index in [0.717, 1.165) is 58.1 Å². The molecule has 3 atom stereocenters. The van der Waals surface area contributed by atoms with Crippen molar-refractivity contribution >= 4 is 21.5 Å². The molecule has 2 aliphatic heterocycles. The topological polar surface area (TPSA) is 59.5 Å². The Bertz CT molecular complexity index is 1070. The van der Waals surface area contributed by atoms with Crippen LogP contribution in [0.1, 0.15) is 31.2 Å². The molecule has 0 unspecified atom stereocenters. The van der Waals surface area contributed by atoms with Crippen molar-refractivity contribution < 1.29 is 22.6 Å². The van der Waals surface area contributed by atoms with E-state index in [0.29, 0.717) is 29.1 Å². The average Bonchev–Trinajstić information content (AvgIpc) is 3.43. The van der Waals surface area contributed by atoms with Gasteiger partial charge < -0.3 is 19.7 Å². The maximum atomic E-state index is 14.0. The van der Waals surface area contributed by atoms with E-state index in [4.69, 9.17) is 9.47 Å². The van der Waals surface area contributed by atoms with Gasteiger partial charge in [-0.05, 0) is 67.0 Å². The van der Waals surface area contributed by atoms with Crippen molar-refractivity contribution in [1.82, 2.24) is 15.1 Å². The fourth-order valence-electron chi connectivity index (χ4n) is 6.45. The molecule has 0 bridgehead atoms. The molecule has 5 rings (SSSR count). The van der Waals surface area contributed by atoms with Gasteiger partial charge in [-0.25, -0.2) is 0 Å². The molecule has 3 fully saturated rings. The minimum absolute atomic E-state index is 0.0409. The number of aromatic nitrogens is 2. The Morgan fingerprint density at radius 2 is 1.72 bits per heavy atom. The fourth-order valence-corrected chi connectivity index (χ4v) is 6.45. The van der Waals surface area contributed by atoms with Gasteiger partial charge in [-0.15, -0.1) is 10.2 Å². The number of alkyl halides is 3. The Hall–Kier alpha value is -2.26. The molecule has 3 aliphatic rings. The van der Waals surface area contributed by atoms with E-state index in [1.807, 2.05) is 0 Å². The van der Waals surface area contributed by atoms with Crippen LogP contribution in [0.4, 0.5) is 19.0 Å². The lowest BCUT2D eigenvalue weighted by Gasteiger charge is -2.45. The van der Waals surface area contributed by atoms with Crippen LogP contribution in [0.5, 0.6) is 5.75 Å². The molecule has 6 nitrogen and oxygen atoms in total. The standard InChI is InChI=1S/C25H33B2F3N4O2/c1-35-22-5-3-2-4-19(22)21-12-20(25(28,29)30)23(33-32-21)31-18-10-15-13-34(14-16(15)11-18)24(26,27)17-6-8-36-9-7-17/h2-5,12,15-18H,6-11,13-14,26-27H2,1H3,(H,31,33)/t15-,16+,18+. The number of ether oxygens (including phenoxy) is 2. The second-order valence-corrected chi connectivity index (χ2v) is 11.0. The second-order valence-electron chi connectivity index (χ2n) is 11.0. The number of benzene rings is 1. The molecule has 2 aromatic rings. The smallest absolute Gasteiger partial charge is 0.420 e. The number of halogens is 3. The van der Waals surface area contributed by atoms with Crippen LogP contribution in [0.25, 0.3) is 11.3 Å². The predicted octanol–water partition coefficient (Wildman–Crippen LogP) is 2.64. The Kier molecular flexibility index (Phi) is 6.98. The zero-order valence-electron chi connectivity index (χ0n) is 21.1. The number of fused-ring (bicyclic) bond motifs is 1. The Balaban J connectivity index is 1.28. The highest BCUT2D eigenvalue weighted by Gasteiger charge is 2.47. The van der Waals surface area contributed by atoms with Gasteiger partial charge in [-0.3, -0.25) is 0 Å². The number of rotatable bonds is 6. The number of methoxy groups -OCH3 is 1. The molecule has 0 radical (unpaired) electrons. The normalized spacial score (nSPS) is 25.6. The number of para-hydroxylation sites is 1. The number of nitrogens with zero attached hydrogens (tertiary/aromatic N) is 3. The van der Waals surface area contributed by atoms with Gasteiger partial charge in [0.1, 0.15) is 27.0 Å². The zero-order valence-corrected chi connectivity index (χ0v) is 21.1. The first kappa shape index (κ1) is 25.4. The number of hydrogen-bond acceptors (Lipinski definition) is 6. The average molecular weight is 500 g/mol. The van der Waals surface area contributed by atoms with Gasteiger partial charge in [0.2, 0.25) is 0 Å². The third-order valence-electron chi connectivity index (χ3n) is 8.61. The van der Waals surface area contributed by atoms with E-state index in [1.54, 1.807) is 24.3 Å². The minimum Gasteiger partial charge on any atom is -0.496 e. The van der Waals surface area contributed by atoms with Crippen LogP contribution >= 0.6 is 0 Å². The second kappa shape index (κ2) is 9.89. The first-order chi connectivity index (χ1) is 17.2. The van der Waals surface area contributed by atoms with Crippen molar-refractivity contribution in [3.8, 4) is 17.0 Å². The monoisotopic (exact) mass is 500 g/mol. The molecule has 2 saturated heterocycles. The van der Waals surface area contributed by atoms with Crippen LogP contribution in [-0.2, 0) is 10.9 Å². The van der Waals surface area contributed by atoms with E-state index in [9.17, 15) is 13.2 Å². The molecule has 192 valence electrons. The van der Waals surface area contributed by atoms with Gasteiger partial charge in [-0.1, -0.05) is 12.1 Å². The Morgan fingerprint density at radius 3 is 2.36 bits per heavy atom. The van der Waals surface area contributed by atoms with Crippen LogP contribution in [0, 0.1) is 17.8 Å². The summed E-state index contributed by atoms with van der Waals surface area (Å²) in [6.07, 6.45) is -0.677. The summed E-state index contributed by atoms with van der Waals surface area (Å²) in [5, 5.41) is 11.4. The van der Waals surface area contributed by atoms with Crippen LogP contribution in [-0.4, -0.2) is 75.6 Å².